The molecule has 2 aromatic carbocycles. The second-order valence-corrected chi connectivity index (χ2v) is 9.44. The Morgan fingerprint density at radius 3 is 2.54 bits per heavy atom. The van der Waals surface area contributed by atoms with E-state index in [4.69, 9.17) is 23.2 Å². The van der Waals surface area contributed by atoms with Crippen molar-refractivity contribution in [1.82, 2.24) is 4.57 Å². The quantitative estimate of drug-likeness (QED) is 0.633. The lowest BCUT2D eigenvalue weighted by molar-refractivity contribution is -0.117. The smallest absolute Gasteiger partial charge is 0.249 e. The largest absolute Gasteiger partial charge is 0.318 e. The van der Waals surface area contributed by atoms with E-state index in [-0.39, 0.29) is 17.1 Å². The minimum Gasteiger partial charge on any atom is -0.318 e. The molecule has 0 aliphatic carbocycles. The Bertz CT molecular complexity index is 1150. The number of amides is 1. The minimum absolute atomic E-state index is 0.194. The maximum Gasteiger partial charge on any atom is 0.249 e. The number of halogens is 2. The van der Waals surface area contributed by atoms with Crippen LogP contribution < -0.4 is 4.80 Å². The van der Waals surface area contributed by atoms with Gasteiger partial charge in [-0.3, -0.25) is 4.79 Å². The minimum atomic E-state index is -3.52. The molecule has 0 unspecified atom stereocenters. The van der Waals surface area contributed by atoms with Crippen LogP contribution >= 0.6 is 34.5 Å². The monoisotopic (exact) mass is 428 g/mol. The van der Waals surface area contributed by atoms with Gasteiger partial charge in [0.15, 0.2) is 14.6 Å². The van der Waals surface area contributed by atoms with Gasteiger partial charge in [-0.25, -0.2) is 8.42 Å². The van der Waals surface area contributed by atoms with Crippen molar-refractivity contribution in [2.24, 2.45) is 12.0 Å². The number of carbonyl (C=O) groups is 1. The van der Waals surface area contributed by atoms with Crippen molar-refractivity contribution in [2.45, 2.75) is 11.3 Å². The summed E-state index contributed by atoms with van der Waals surface area (Å²) in [6.07, 6.45) is -0.194. The van der Waals surface area contributed by atoms with E-state index in [1.54, 1.807) is 41.9 Å². The van der Waals surface area contributed by atoms with Gasteiger partial charge >= 0.3 is 0 Å². The van der Waals surface area contributed by atoms with Crippen molar-refractivity contribution in [3.8, 4) is 0 Å². The number of nitrogens with zero attached hydrogens (tertiary/aromatic N) is 2. The molecule has 1 heterocycles. The number of rotatable bonds is 4. The van der Waals surface area contributed by atoms with Gasteiger partial charge in [0, 0.05) is 13.5 Å². The topological polar surface area (TPSA) is 68.5 Å². The van der Waals surface area contributed by atoms with Crippen molar-refractivity contribution in [3.63, 3.8) is 0 Å². The lowest BCUT2D eigenvalue weighted by Gasteiger charge is -2.02. The van der Waals surface area contributed by atoms with Gasteiger partial charge in [0.2, 0.25) is 5.91 Å². The average molecular weight is 429 g/mol. The Balaban J connectivity index is 1.85. The Labute approximate surface area is 164 Å². The van der Waals surface area contributed by atoms with Crippen LogP contribution in [0.2, 0.25) is 10.0 Å². The third-order valence-corrected chi connectivity index (χ3v) is 7.39. The van der Waals surface area contributed by atoms with E-state index in [9.17, 15) is 13.2 Å². The maximum absolute atomic E-state index is 12.3. The lowest BCUT2D eigenvalue weighted by Crippen LogP contribution is -2.16. The van der Waals surface area contributed by atoms with Crippen LogP contribution in [-0.4, -0.2) is 24.6 Å². The summed E-state index contributed by atoms with van der Waals surface area (Å²) in [5, 5.41) is 0.808. The number of aromatic nitrogens is 1. The summed E-state index contributed by atoms with van der Waals surface area (Å²) in [6, 6.07) is 11.5. The van der Waals surface area contributed by atoms with Gasteiger partial charge in [0.1, 0.15) is 0 Å². The first-order chi connectivity index (χ1) is 12.3. The van der Waals surface area contributed by atoms with Crippen LogP contribution in [0.1, 0.15) is 6.42 Å². The summed E-state index contributed by atoms with van der Waals surface area (Å²) in [6.45, 7) is 0. The molecule has 0 fully saturated rings. The second-order valence-electron chi connectivity index (χ2n) is 5.54. The zero-order chi connectivity index (χ0) is 18.9. The van der Waals surface area contributed by atoms with E-state index >= 15 is 0 Å². The van der Waals surface area contributed by atoms with Gasteiger partial charge in [-0.05, 0) is 24.3 Å². The number of sulfone groups is 1. The maximum atomic E-state index is 12.3. The molecule has 0 N–H and O–H groups in total. The van der Waals surface area contributed by atoms with Gasteiger partial charge in [0.05, 0.1) is 30.9 Å². The standard InChI is InChI=1S/C17H14Cl2N2O3S2/c1-21-16-13(8-7-12(18)15(16)19)25-17(21)20-14(22)9-10-26(23,24)11-5-3-2-4-6-11/h2-8H,9-10H2,1H3. The molecule has 1 aromatic heterocycles. The molecule has 3 rings (SSSR count). The van der Waals surface area contributed by atoms with Gasteiger partial charge in [-0.2, -0.15) is 4.99 Å². The number of fused-ring (bicyclic) bond motifs is 1. The van der Waals surface area contributed by atoms with Crippen LogP contribution in [0, 0.1) is 0 Å². The fourth-order valence-corrected chi connectivity index (χ4v) is 5.20. The van der Waals surface area contributed by atoms with Crippen LogP contribution in [0.3, 0.4) is 0 Å². The van der Waals surface area contributed by atoms with Crippen molar-refractivity contribution >= 4 is 60.5 Å². The molecule has 0 saturated heterocycles. The van der Waals surface area contributed by atoms with Gasteiger partial charge in [0.25, 0.3) is 0 Å². The molecule has 5 nitrogen and oxygen atoms in total. The molecule has 1 amide bonds. The highest BCUT2D eigenvalue weighted by Gasteiger charge is 2.16. The van der Waals surface area contributed by atoms with Crippen LogP contribution in [0.5, 0.6) is 0 Å². The van der Waals surface area contributed by atoms with E-state index < -0.39 is 15.7 Å². The molecule has 0 spiro atoms. The summed E-state index contributed by atoms with van der Waals surface area (Å²) in [5.41, 5.74) is 0.688. The molecule has 136 valence electrons. The first-order valence-corrected chi connectivity index (χ1v) is 10.8. The molecule has 9 heteroatoms. The number of carbonyl (C=O) groups excluding carboxylic acids is 1. The first-order valence-electron chi connectivity index (χ1n) is 7.58. The zero-order valence-electron chi connectivity index (χ0n) is 13.6. The zero-order valence-corrected chi connectivity index (χ0v) is 16.8. The molecule has 0 bridgehead atoms. The average Bonchev–Trinajstić information content (AvgIpc) is 2.94. The number of benzene rings is 2. The summed E-state index contributed by atoms with van der Waals surface area (Å²) in [7, 11) is -1.79. The van der Waals surface area contributed by atoms with E-state index in [1.165, 1.54) is 23.5 Å². The predicted molar refractivity (Wildman–Crippen MR) is 104 cm³/mol. The second kappa shape index (κ2) is 7.52. The lowest BCUT2D eigenvalue weighted by atomic mass is 10.3. The number of hydrogen-bond donors (Lipinski definition) is 0. The van der Waals surface area contributed by atoms with Crippen LogP contribution in [0.25, 0.3) is 10.2 Å². The van der Waals surface area contributed by atoms with Crippen LogP contribution in [-0.2, 0) is 21.7 Å². The first kappa shape index (κ1) is 19.1. The van der Waals surface area contributed by atoms with Gasteiger partial charge in [-0.1, -0.05) is 52.7 Å². The van der Waals surface area contributed by atoms with E-state index in [1.807, 2.05) is 0 Å². The van der Waals surface area contributed by atoms with E-state index in [0.717, 1.165) is 4.70 Å². The van der Waals surface area contributed by atoms with Crippen molar-refractivity contribution in [3.05, 3.63) is 57.3 Å². The Hall–Kier alpha value is -1.67. The van der Waals surface area contributed by atoms with Crippen LogP contribution in [0.4, 0.5) is 0 Å². The third kappa shape index (κ3) is 3.86. The predicted octanol–water partition coefficient (Wildman–Crippen LogP) is 3.84. The molecule has 0 radical (unpaired) electrons. The third-order valence-electron chi connectivity index (χ3n) is 3.76. The molecule has 0 atom stereocenters. The summed E-state index contributed by atoms with van der Waals surface area (Å²) >= 11 is 13.5. The van der Waals surface area contributed by atoms with Crippen molar-refractivity contribution in [1.29, 1.82) is 0 Å². The Morgan fingerprint density at radius 2 is 1.85 bits per heavy atom. The Kier molecular flexibility index (Phi) is 5.53. The molecule has 0 aliphatic rings. The fraction of sp³-hybridized carbons (Fsp3) is 0.176. The summed E-state index contributed by atoms with van der Waals surface area (Å²) < 4.78 is 27.0. The summed E-state index contributed by atoms with van der Waals surface area (Å²) in [4.78, 5) is 16.8. The normalized spacial score (nSPS) is 12.7. The summed E-state index contributed by atoms with van der Waals surface area (Å²) in [5.74, 6) is -0.797. The number of aryl methyl sites for hydroxylation is 1. The molecule has 0 aliphatic heterocycles. The van der Waals surface area contributed by atoms with Crippen molar-refractivity contribution < 1.29 is 13.2 Å². The van der Waals surface area contributed by atoms with E-state index in [0.29, 0.717) is 20.4 Å². The number of thiazole rings is 1. The molecule has 3 aromatic rings. The van der Waals surface area contributed by atoms with Crippen LogP contribution in [0.15, 0.2) is 52.4 Å². The van der Waals surface area contributed by atoms with Crippen molar-refractivity contribution in [2.75, 3.05) is 5.75 Å². The number of hydrogen-bond acceptors (Lipinski definition) is 4. The van der Waals surface area contributed by atoms with Gasteiger partial charge in [-0.15, -0.1) is 0 Å². The molecular weight excluding hydrogens is 415 g/mol. The fourth-order valence-electron chi connectivity index (χ4n) is 2.41. The molecule has 26 heavy (non-hydrogen) atoms. The van der Waals surface area contributed by atoms with E-state index in [2.05, 4.69) is 4.99 Å². The Morgan fingerprint density at radius 1 is 1.15 bits per heavy atom. The SMILES string of the molecule is Cn1c(=NC(=O)CCS(=O)(=O)c2ccccc2)sc2ccc(Cl)c(Cl)c21. The highest BCUT2D eigenvalue weighted by atomic mass is 35.5. The molecular formula is C17H14Cl2N2O3S2. The molecule has 0 saturated carbocycles. The van der Waals surface area contributed by atoms with Gasteiger partial charge < -0.3 is 4.57 Å². The highest BCUT2D eigenvalue weighted by molar-refractivity contribution is 7.91. The highest BCUT2D eigenvalue weighted by Crippen LogP contribution is 2.31.